The van der Waals surface area contributed by atoms with E-state index in [1.165, 1.54) is 6.20 Å². The average Bonchev–Trinajstić information content (AvgIpc) is 1.88. The van der Waals surface area contributed by atoms with Crippen molar-refractivity contribution in [2.75, 3.05) is 0 Å². The molecule has 0 aliphatic heterocycles. The van der Waals surface area contributed by atoms with Gasteiger partial charge in [0.05, 0.1) is 11.9 Å². The SMILES string of the molecule is C[CH]c1cncc(F)n1. The largest absolute Gasteiger partial charge is 0.258 e. The van der Waals surface area contributed by atoms with E-state index in [9.17, 15) is 4.39 Å². The summed E-state index contributed by atoms with van der Waals surface area (Å²) in [5.41, 5.74) is 0.565. The minimum absolute atomic E-state index is 0.536. The fourth-order valence-corrected chi connectivity index (χ4v) is 0.495. The lowest BCUT2D eigenvalue weighted by molar-refractivity contribution is 0.573. The van der Waals surface area contributed by atoms with Crippen LogP contribution in [-0.4, -0.2) is 9.97 Å². The molecule has 0 fully saturated rings. The van der Waals surface area contributed by atoms with E-state index < -0.39 is 5.95 Å². The van der Waals surface area contributed by atoms with Crippen molar-refractivity contribution in [1.82, 2.24) is 9.97 Å². The average molecular weight is 125 g/mol. The molecule has 1 aromatic rings. The zero-order valence-corrected chi connectivity index (χ0v) is 5.00. The van der Waals surface area contributed by atoms with Crippen LogP contribution in [-0.2, 0) is 0 Å². The van der Waals surface area contributed by atoms with Crippen molar-refractivity contribution in [2.24, 2.45) is 0 Å². The van der Waals surface area contributed by atoms with Gasteiger partial charge in [-0.1, -0.05) is 6.92 Å². The lowest BCUT2D eigenvalue weighted by Crippen LogP contribution is -1.89. The summed E-state index contributed by atoms with van der Waals surface area (Å²) >= 11 is 0. The number of hydrogen-bond acceptors (Lipinski definition) is 2. The Morgan fingerprint density at radius 3 is 2.78 bits per heavy atom. The van der Waals surface area contributed by atoms with Crippen LogP contribution in [0.2, 0.25) is 0 Å². The number of nitrogens with zero attached hydrogens (tertiary/aromatic N) is 2. The van der Waals surface area contributed by atoms with Crippen molar-refractivity contribution < 1.29 is 4.39 Å². The van der Waals surface area contributed by atoms with Crippen molar-refractivity contribution in [3.05, 3.63) is 30.5 Å². The van der Waals surface area contributed by atoms with Crippen LogP contribution >= 0.6 is 0 Å². The Kier molecular flexibility index (Phi) is 1.72. The van der Waals surface area contributed by atoms with E-state index in [4.69, 9.17) is 0 Å². The molecule has 47 valence electrons. The first-order chi connectivity index (χ1) is 4.33. The highest BCUT2D eigenvalue weighted by molar-refractivity contribution is 5.05. The van der Waals surface area contributed by atoms with Crippen LogP contribution in [0.4, 0.5) is 4.39 Å². The van der Waals surface area contributed by atoms with Crippen LogP contribution in [0.3, 0.4) is 0 Å². The summed E-state index contributed by atoms with van der Waals surface area (Å²) in [5, 5.41) is 0. The molecule has 1 rings (SSSR count). The molecular formula is C6H6FN2. The van der Waals surface area contributed by atoms with Gasteiger partial charge in [-0.2, -0.15) is 4.39 Å². The maximum Gasteiger partial charge on any atom is 0.231 e. The summed E-state index contributed by atoms with van der Waals surface area (Å²) < 4.78 is 12.2. The third-order valence-corrected chi connectivity index (χ3v) is 0.920. The fourth-order valence-electron chi connectivity index (χ4n) is 0.495. The second-order valence-electron chi connectivity index (χ2n) is 1.56. The van der Waals surface area contributed by atoms with E-state index >= 15 is 0 Å². The van der Waals surface area contributed by atoms with Crippen LogP contribution in [0.25, 0.3) is 0 Å². The zero-order valence-electron chi connectivity index (χ0n) is 5.00. The smallest absolute Gasteiger partial charge is 0.231 e. The van der Waals surface area contributed by atoms with Gasteiger partial charge in [0.2, 0.25) is 5.95 Å². The molecule has 0 aliphatic rings. The molecule has 2 nitrogen and oxygen atoms in total. The minimum atomic E-state index is -0.536. The van der Waals surface area contributed by atoms with Gasteiger partial charge in [-0.25, -0.2) is 4.98 Å². The second-order valence-corrected chi connectivity index (χ2v) is 1.56. The molecule has 0 unspecified atom stereocenters. The molecular weight excluding hydrogens is 119 g/mol. The monoisotopic (exact) mass is 125 g/mol. The van der Waals surface area contributed by atoms with Crippen molar-refractivity contribution in [3.8, 4) is 0 Å². The van der Waals surface area contributed by atoms with Gasteiger partial charge in [0.25, 0.3) is 0 Å². The van der Waals surface area contributed by atoms with Crippen molar-refractivity contribution in [3.63, 3.8) is 0 Å². The van der Waals surface area contributed by atoms with Crippen LogP contribution in [0.1, 0.15) is 12.6 Å². The molecule has 0 saturated heterocycles. The summed E-state index contributed by atoms with van der Waals surface area (Å²) in [6.07, 6.45) is 4.27. The Bertz CT molecular complexity index is 200. The Morgan fingerprint density at radius 1 is 1.56 bits per heavy atom. The minimum Gasteiger partial charge on any atom is -0.258 e. The standard InChI is InChI=1S/C6H6FN2/c1-2-5-3-8-4-6(7)9-5/h2-4H,1H3. The van der Waals surface area contributed by atoms with Crippen LogP contribution < -0.4 is 0 Å². The summed E-state index contributed by atoms with van der Waals surface area (Å²) in [6.45, 7) is 1.78. The number of aromatic nitrogens is 2. The molecule has 3 heteroatoms. The van der Waals surface area contributed by atoms with E-state index in [1.54, 1.807) is 13.3 Å². The molecule has 9 heavy (non-hydrogen) atoms. The molecule has 0 spiro atoms. The van der Waals surface area contributed by atoms with E-state index in [-0.39, 0.29) is 0 Å². The number of hydrogen-bond donors (Lipinski definition) is 0. The molecule has 1 radical (unpaired) electrons. The third-order valence-electron chi connectivity index (χ3n) is 0.920. The van der Waals surface area contributed by atoms with Crippen LogP contribution in [0, 0.1) is 12.4 Å². The van der Waals surface area contributed by atoms with E-state index in [0.717, 1.165) is 6.20 Å². The maximum absolute atomic E-state index is 12.2. The highest BCUT2D eigenvalue weighted by Gasteiger charge is 1.92. The van der Waals surface area contributed by atoms with Gasteiger partial charge in [-0.05, 0) is 0 Å². The molecule has 0 atom stereocenters. The van der Waals surface area contributed by atoms with Gasteiger partial charge >= 0.3 is 0 Å². The van der Waals surface area contributed by atoms with Gasteiger partial charge in [0.1, 0.15) is 0 Å². The molecule has 0 aliphatic carbocycles. The predicted octanol–water partition coefficient (Wildman–Crippen LogP) is 1.19. The molecule has 0 saturated carbocycles. The molecule has 0 aromatic carbocycles. The first-order valence-electron chi connectivity index (χ1n) is 2.60. The van der Waals surface area contributed by atoms with Gasteiger partial charge in [0.15, 0.2) is 0 Å². The third kappa shape index (κ3) is 1.45. The second kappa shape index (κ2) is 2.53. The van der Waals surface area contributed by atoms with Crippen molar-refractivity contribution >= 4 is 0 Å². The van der Waals surface area contributed by atoms with Crippen LogP contribution in [0.5, 0.6) is 0 Å². The van der Waals surface area contributed by atoms with Crippen molar-refractivity contribution in [1.29, 1.82) is 0 Å². The number of rotatable bonds is 1. The Labute approximate surface area is 52.8 Å². The normalized spacial score (nSPS) is 9.56. The number of halogens is 1. The molecule has 0 N–H and O–H groups in total. The quantitative estimate of drug-likeness (QED) is 0.563. The molecule has 1 aromatic heterocycles. The van der Waals surface area contributed by atoms with Crippen LogP contribution in [0.15, 0.2) is 12.4 Å². The van der Waals surface area contributed by atoms with Gasteiger partial charge < -0.3 is 0 Å². The highest BCUT2D eigenvalue weighted by Crippen LogP contribution is 1.95. The van der Waals surface area contributed by atoms with Crippen molar-refractivity contribution in [2.45, 2.75) is 6.92 Å². The molecule has 1 heterocycles. The molecule has 0 bridgehead atoms. The van der Waals surface area contributed by atoms with Gasteiger partial charge in [-0.3, -0.25) is 4.98 Å². The van der Waals surface area contributed by atoms with Gasteiger partial charge in [-0.15, -0.1) is 0 Å². The zero-order chi connectivity index (χ0) is 6.69. The predicted molar refractivity (Wildman–Crippen MR) is 31.1 cm³/mol. The Morgan fingerprint density at radius 2 is 2.33 bits per heavy atom. The van der Waals surface area contributed by atoms with E-state index in [0.29, 0.717) is 5.69 Å². The van der Waals surface area contributed by atoms with E-state index in [2.05, 4.69) is 9.97 Å². The first-order valence-corrected chi connectivity index (χ1v) is 2.60. The lowest BCUT2D eigenvalue weighted by Gasteiger charge is -1.90. The highest BCUT2D eigenvalue weighted by atomic mass is 19.1. The molecule has 0 amide bonds. The summed E-state index contributed by atoms with van der Waals surface area (Å²) in [6, 6.07) is 0. The Balaban J connectivity index is 2.94. The summed E-state index contributed by atoms with van der Waals surface area (Å²) in [4.78, 5) is 7.09. The lowest BCUT2D eigenvalue weighted by atomic mass is 10.4. The summed E-state index contributed by atoms with van der Waals surface area (Å²) in [5.74, 6) is -0.536. The van der Waals surface area contributed by atoms with Gasteiger partial charge in [0, 0.05) is 12.6 Å². The summed E-state index contributed by atoms with van der Waals surface area (Å²) in [7, 11) is 0. The Hall–Kier alpha value is -0.990. The topological polar surface area (TPSA) is 25.8 Å². The maximum atomic E-state index is 12.2. The fraction of sp³-hybridized carbons (Fsp3) is 0.167. The first kappa shape index (κ1) is 6.13. The van der Waals surface area contributed by atoms with E-state index in [1.807, 2.05) is 0 Å².